The lowest BCUT2D eigenvalue weighted by atomic mass is 9.69. The van der Waals surface area contributed by atoms with Gasteiger partial charge in [0.1, 0.15) is 0 Å². The number of nitrogens with one attached hydrogen (secondary N) is 1. The normalized spacial score (nSPS) is 25.6. The van der Waals surface area contributed by atoms with Gasteiger partial charge in [-0.25, -0.2) is 4.98 Å². The Bertz CT molecular complexity index is 852. The summed E-state index contributed by atoms with van der Waals surface area (Å²) in [5.74, 6) is 0.638. The molecule has 0 spiro atoms. The predicted octanol–water partition coefficient (Wildman–Crippen LogP) is 3.19. The van der Waals surface area contributed by atoms with Crippen molar-refractivity contribution in [3.63, 3.8) is 0 Å². The maximum Gasteiger partial charge on any atom is 0.291 e. The first-order chi connectivity index (χ1) is 14.0. The number of hydrogen-bond donors (Lipinski definition) is 1. The Hall–Kier alpha value is -2.70. The van der Waals surface area contributed by atoms with Gasteiger partial charge in [-0.2, -0.15) is 0 Å². The zero-order valence-corrected chi connectivity index (χ0v) is 17.0. The predicted molar refractivity (Wildman–Crippen MR) is 107 cm³/mol. The number of rotatable bonds is 7. The molecule has 0 unspecified atom stereocenters. The summed E-state index contributed by atoms with van der Waals surface area (Å²) in [5, 5.41) is 3.13. The van der Waals surface area contributed by atoms with E-state index in [1.54, 1.807) is 12.4 Å². The Morgan fingerprint density at radius 3 is 2.86 bits per heavy atom. The van der Waals surface area contributed by atoms with Gasteiger partial charge in [-0.3, -0.25) is 14.6 Å². The molecule has 4 heterocycles. The molecule has 3 atom stereocenters. The largest absolute Gasteiger partial charge is 0.438 e. The molecule has 29 heavy (non-hydrogen) atoms. The summed E-state index contributed by atoms with van der Waals surface area (Å²) in [6.07, 6.45) is 10.4. The standard InChI is InChI=1S/C22H28N4O3/c1-15(2)7-8-22(21(28)25-12-16-4-3-9-23-11-16)10-17-5-6-19(22)26(17)20(27)18-13-24-14-29-18/h3-4,9,11,13-15,17,19H,5-8,10,12H2,1-2H3,(H,25,28)/t17-,19+,22+/m1/s1. The number of pyridine rings is 1. The molecule has 154 valence electrons. The van der Waals surface area contributed by atoms with Crippen molar-refractivity contribution < 1.29 is 14.0 Å². The molecule has 2 aliphatic heterocycles. The molecular weight excluding hydrogens is 368 g/mol. The molecule has 7 nitrogen and oxygen atoms in total. The summed E-state index contributed by atoms with van der Waals surface area (Å²) in [6.45, 7) is 4.79. The van der Waals surface area contributed by atoms with E-state index in [-0.39, 0.29) is 29.7 Å². The molecule has 4 rings (SSSR count). The Balaban J connectivity index is 1.56. The van der Waals surface area contributed by atoms with Crippen molar-refractivity contribution in [3.8, 4) is 0 Å². The van der Waals surface area contributed by atoms with E-state index in [4.69, 9.17) is 4.42 Å². The molecule has 2 aliphatic rings. The van der Waals surface area contributed by atoms with E-state index in [1.165, 1.54) is 12.6 Å². The van der Waals surface area contributed by atoms with Crippen molar-refractivity contribution in [1.82, 2.24) is 20.2 Å². The lowest BCUT2D eigenvalue weighted by Crippen LogP contribution is -2.50. The summed E-state index contributed by atoms with van der Waals surface area (Å²) in [6, 6.07) is 3.80. The van der Waals surface area contributed by atoms with E-state index < -0.39 is 5.41 Å². The highest BCUT2D eigenvalue weighted by atomic mass is 16.3. The first kappa shape index (κ1) is 19.6. The number of aromatic nitrogens is 2. The van der Waals surface area contributed by atoms with Crippen LogP contribution in [0, 0.1) is 11.3 Å². The van der Waals surface area contributed by atoms with Crippen LogP contribution in [-0.4, -0.2) is 38.8 Å². The third kappa shape index (κ3) is 3.66. The molecule has 0 aromatic carbocycles. The Labute approximate surface area is 170 Å². The number of hydrogen-bond acceptors (Lipinski definition) is 5. The monoisotopic (exact) mass is 396 g/mol. The molecule has 2 bridgehead atoms. The number of fused-ring (bicyclic) bond motifs is 2. The van der Waals surface area contributed by atoms with Gasteiger partial charge in [0.2, 0.25) is 11.7 Å². The molecule has 2 saturated heterocycles. The fourth-order valence-corrected chi connectivity index (χ4v) is 4.97. The maximum absolute atomic E-state index is 13.5. The lowest BCUT2D eigenvalue weighted by Gasteiger charge is -2.36. The van der Waals surface area contributed by atoms with Crippen molar-refractivity contribution in [3.05, 3.63) is 48.4 Å². The number of nitrogens with zero attached hydrogens (tertiary/aromatic N) is 3. The fraction of sp³-hybridized carbons (Fsp3) is 0.545. The Kier molecular flexibility index (Phi) is 5.39. The zero-order valence-electron chi connectivity index (χ0n) is 17.0. The third-order valence-corrected chi connectivity index (χ3v) is 6.41. The number of carbonyl (C=O) groups excluding carboxylic acids is 2. The van der Waals surface area contributed by atoms with Gasteiger partial charge in [-0.1, -0.05) is 19.9 Å². The van der Waals surface area contributed by atoms with Gasteiger partial charge in [0.25, 0.3) is 5.91 Å². The average Bonchev–Trinajstić information content (AvgIpc) is 3.46. The average molecular weight is 396 g/mol. The van der Waals surface area contributed by atoms with Crippen molar-refractivity contribution in [2.75, 3.05) is 0 Å². The first-order valence-electron chi connectivity index (χ1n) is 10.4. The fourth-order valence-electron chi connectivity index (χ4n) is 4.97. The molecule has 2 aromatic rings. The van der Waals surface area contributed by atoms with E-state index in [9.17, 15) is 9.59 Å². The van der Waals surface area contributed by atoms with Gasteiger partial charge in [0.05, 0.1) is 11.6 Å². The SMILES string of the molecule is CC(C)CC[C@]1(C(=O)NCc2cccnc2)C[C@H]2CC[C@@H]1N2C(=O)c1cnco1. The van der Waals surface area contributed by atoms with Crippen molar-refractivity contribution in [2.24, 2.45) is 11.3 Å². The van der Waals surface area contributed by atoms with Crippen LogP contribution in [0.3, 0.4) is 0 Å². The van der Waals surface area contributed by atoms with Gasteiger partial charge in [0.15, 0.2) is 6.39 Å². The molecule has 0 saturated carbocycles. The van der Waals surface area contributed by atoms with E-state index in [0.29, 0.717) is 18.9 Å². The minimum absolute atomic E-state index is 0.0459. The molecular formula is C22H28N4O3. The van der Waals surface area contributed by atoms with Crippen LogP contribution >= 0.6 is 0 Å². The minimum atomic E-state index is -0.551. The van der Waals surface area contributed by atoms with Crippen LogP contribution in [0.2, 0.25) is 0 Å². The highest BCUT2D eigenvalue weighted by Gasteiger charge is 2.61. The third-order valence-electron chi connectivity index (χ3n) is 6.41. The molecule has 2 aromatic heterocycles. The van der Waals surface area contributed by atoms with E-state index in [0.717, 1.165) is 31.2 Å². The van der Waals surface area contributed by atoms with Crippen LogP contribution in [-0.2, 0) is 11.3 Å². The molecule has 2 amide bonds. The summed E-state index contributed by atoms with van der Waals surface area (Å²) in [4.78, 5) is 36.4. The number of oxazole rings is 1. The van der Waals surface area contributed by atoms with Crippen LogP contribution in [0.25, 0.3) is 0 Å². The highest BCUT2D eigenvalue weighted by Crippen LogP contribution is 2.53. The van der Waals surface area contributed by atoms with Gasteiger partial charge in [0, 0.05) is 31.0 Å². The zero-order chi connectivity index (χ0) is 20.4. The maximum atomic E-state index is 13.5. The smallest absolute Gasteiger partial charge is 0.291 e. The van der Waals surface area contributed by atoms with Gasteiger partial charge < -0.3 is 14.6 Å². The van der Waals surface area contributed by atoms with E-state index in [2.05, 4.69) is 29.1 Å². The van der Waals surface area contributed by atoms with Crippen molar-refractivity contribution in [2.45, 2.75) is 64.6 Å². The lowest BCUT2D eigenvalue weighted by molar-refractivity contribution is -0.133. The van der Waals surface area contributed by atoms with Crippen molar-refractivity contribution >= 4 is 11.8 Å². The van der Waals surface area contributed by atoms with Crippen molar-refractivity contribution in [1.29, 1.82) is 0 Å². The Morgan fingerprint density at radius 2 is 2.17 bits per heavy atom. The number of carbonyl (C=O) groups is 2. The van der Waals surface area contributed by atoms with Crippen LogP contribution in [0.5, 0.6) is 0 Å². The summed E-state index contributed by atoms with van der Waals surface area (Å²) < 4.78 is 5.25. The van der Waals surface area contributed by atoms with E-state index >= 15 is 0 Å². The van der Waals surface area contributed by atoms with E-state index in [1.807, 2.05) is 17.0 Å². The minimum Gasteiger partial charge on any atom is -0.438 e. The van der Waals surface area contributed by atoms with Gasteiger partial charge in [-0.15, -0.1) is 0 Å². The summed E-state index contributed by atoms with van der Waals surface area (Å²) >= 11 is 0. The van der Waals surface area contributed by atoms with Crippen LogP contribution in [0.4, 0.5) is 0 Å². The molecule has 7 heteroatoms. The first-order valence-corrected chi connectivity index (χ1v) is 10.4. The summed E-state index contributed by atoms with van der Waals surface area (Å²) in [7, 11) is 0. The van der Waals surface area contributed by atoms with Crippen LogP contribution in [0.1, 0.15) is 62.1 Å². The molecule has 2 fully saturated rings. The Morgan fingerprint density at radius 1 is 1.31 bits per heavy atom. The second kappa shape index (κ2) is 7.97. The second-order valence-electron chi connectivity index (χ2n) is 8.66. The van der Waals surface area contributed by atoms with Gasteiger partial charge in [-0.05, 0) is 49.7 Å². The topological polar surface area (TPSA) is 88.3 Å². The molecule has 0 radical (unpaired) electrons. The quantitative estimate of drug-likeness (QED) is 0.776. The molecule has 0 aliphatic carbocycles. The van der Waals surface area contributed by atoms with Crippen LogP contribution < -0.4 is 5.32 Å². The molecule has 1 N–H and O–H groups in total. The highest BCUT2D eigenvalue weighted by molar-refractivity contribution is 5.94. The number of amides is 2. The van der Waals surface area contributed by atoms with Crippen LogP contribution in [0.15, 0.2) is 41.5 Å². The summed E-state index contributed by atoms with van der Waals surface area (Å²) in [5.41, 5.74) is 0.419. The van der Waals surface area contributed by atoms with Gasteiger partial charge >= 0.3 is 0 Å². The second-order valence-corrected chi connectivity index (χ2v) is 8.66.